The molecular weight excluding hydrogens is 350 g/mol. The van der Waals surface area contributed by atoms with E-state index in [0.29, 0.717) is 12.2 Å². The highest BCUT2D eigenvalue weighted by atomic mass is 15.3. The van der Waals surface area contributed by atoms with Gasteiger partial charge in [-0.2, -0.15) is 10.2 Å². The number of nitrogens with one attached hydrogen (secondary N) is 1. The van der Waals surface area contributed by atoms with Crippen molar-refractivity contribution >= 4 is 17.2 Å². The molecule has 0 aliphatic heterocycles. The second kappa shape index (κ2) is 6.96. The van der Waals surface area contributed by atoms with E-state index in [0.717, 1.165) is 22.8 Å². The number of anilines is 2. The molecule has 0 aliphatic carbocycles. The molecule has 0 fully saturated rings. The molecule has 3 heterocycles. The smallest absolute Gasteiger partial charge is 0.199 e. The summed E-state index contributed by atoms with van der Waals surface area (Å²) in [5.41, 5.74) is 4.66. The normalized spacial score (nSPS) is 11.0. The van der Waals surface area contributed by atoms with E-state index in [-0.39, 0.29) is 0 Å². The molecule has 0 unspecified atom stereocenters. The molecule has 7 heteroatoms. The first-order valence-electron chi connectivity index (χ1n) is 8.94. The van der Waals surface area contributed by atoms with Crippen LogP contribution in [0.2, 0.25) is 0 Å². The summed E-state index contributed by atoms with van der Waals surface area (Å²) in [6.45, 7) is 0.672. The number of benzene rings is 2. The van der Waals surface area contributed by atoms with Crippen LogP contribution in [0.5, 0.6) is 0 Å². The van der Waals surface area contributed by atoms with Crippen LogP contribution in [0, 0.1) is 0 Å². The molecule has 0 bridgehead atoms. The second-order valence-electron chi connectivity index (χ2n) is 6.36. The van der Waals surface area contributed by atoms with Gasteiger partial charge < -0.3 is 4.90 Å². The van der Waals surface area contributed by atoms with E-state index in [1.54, 1.807) is 17.0 Å². The topological polar surface area (TPSA) is 75.0 Å². The molecule has 7 nitrogen and oxygen atoms in total. The quantitative estimate of drug-likeness (QED) is 0.511. The van der Waals surface area contributed by atoms with Crippen LogP contribution in [-0.4, -0.2) is 29.8 Å². The summed E-state index contributed by atoms with van der Waals surface area (Å²) < 4.78 is 1.80. The van der Waals surface area contributed by atoms with Crippen LogP contribution in [0.4, 0.5) is 11.5 Å². The Labute approximate surface area is 161 Å². The van der Waals surface area contributed by atoms with Crippen molar-refractivity contribution in [2.45, 2.75) is 6.54 Å². The van der Waals surface area contributed by atoms with Crippen molar-refractivity contribution in [3.05, 3.63) is 91.1 Å². The first-order valence-corrected chi connectivity index (χ1v) is 8.94. The van der Waals surface area contributed by atoms with Gasteiger partial charge in [0.05, 0.1) is 18.1 Å². The highest BCUT2D eigenvalue weighted by Crippen LogP contribution is 2.30. The SMILES string of the molecule is c1ccc(CN(c2ccccc2)c2ncc(-c3cn[nH]c3)n3ncnc23)cc1. The summed E-state index contributed by atoms with van der Waals surface area (Å²) in [5.74, 6) is 0.750. The summed E-state index contributed by atoms with van der Waals surface area (Å²) >= 11 is 0. The van der Waals surface area contributed by atoms with E-state index in [4.69, 9.17) is 4.98 Å². The molecule has 5 aromatic rings. The Hall–Kier alpha value is -4.00. The maximum atomic E-state index is 4.77. The first kappa shape index (κ1) is 16.2. The Morgan fingerprint density at radius 1 is 0.893 bits per heavy atom. The zero-order valence-corrected chi connectivity index (χ0v) is 15.0. The number of aromatic amines is 1. The van der Waals surface area contributed by atoms with Crippen LogP contribution < -0.4 is 4.90 Å². The molecule has 0 atom stereocenters. The predicted molar refractivity (Wildman–Crippen MR) is 107 cm³/mol. The van der Waals surface area contributed by atoms with E-state index >= 15 is 0 Å². The lowest BCUT2D eigenvalue weighted by Crippen LogP contribution is -2.19. The number of fused-ring (bicyclic) bond motifs is 1. The van der Waals surface area contributed by atoms with Crippen LogP contribution in [0.1, 0.15) is 5.56 Å². The van der Waals surface area contributed by atoms with Gasteiger partial charge in [-0.05, 0) is 17.7 Å². The van der Waals surface area contributed by atoms with Gasteiger partial charge in [0.15, 0.2) is 11.5 Å². The van der Waals surface area contributed by atoms with Crippen molar-refractivity contribution in [2.24, 2.45) is 0 Å². The van der Waals surface area contributed by atoms with Gasteiger partial charge >= 0.3 is 0 Å². The predicted octanol–water partition coefficient (Wildman–Crippen LogP) is 3.85. The number of hydrogen-bond acceptors (Lipinski definition) is 5. The number of hydrogen-bond donors (Lipinski definition) is 1. The number of H-pyrrole nitrogens is 1. The fourth-order valence-electron chi connectivity index (χ4n) is 3.25. The first-order chi connectivity index (χ1) is 13.9. The summed E-state index contributed by atoms with van der Waals surface area (Å²) in [7, 11) is 0. The van der Waals surface area contributed by atoms with Crippen molar-refractivity contribution in [2.75, 3.05) is 4.90 Å². The molecule has 0 amide bonds. The Morgan fingerprint density at radius 3 is 2.43 bits per heavy atom. The molecule has 136 valence electrons. The highest BCUT2D eigenvalue weighted by molar-refractivity contribution is 5.75. The highest BCUT2D eigenvalue weighted by Gasteiger charge is 2.19. The molecule has 28 heavy (non-hydrogen) atoms. The zero-order valence-electron chi connectivity index (χ0n) is 15.0. The third-order valence-electron chi connectivity index (χ3n) is 4.59. The lowest BCUT2D eigenvalue weighted by atomic mass is 10.2. The number of para-hydroxylation sites is 1. The number of rotatable bonds is 5. The van der Waals surface area contributed by atoms with Crippen molar-refractivity contribution in [1.82, 2.24) is 29.8 Å². The van der Waals surface area contributed by atoms with Crippen LogP contribution in [-0.2, 0) is 6.54 Å². The lowest BCUT2D eigenvalue weighted by Gasteiger charge is -2.24. The van der Waals surface area contributed by atoms with E-state index in [2.05, 4.69) is 49.4 Å². The molecule has 5 rings (SSSR count). The van der Waals surface area contributed by atoms with E-state index < -0.39 is 0 Å². The van der Waals surface area contributed by atoms with Crippen LogP contribution >= 0.6 is 0 Å². The van der Waals surface area contributed by atoms with Crippen LogP contribution in [0.25, 0.3) is 16.9 Å². The Bertz CT molecular complexity index is 1180. The van der Waals surface area contributed by atoms with Crippen molar-refractivity contribution in [1.29, 1.82) is 0 Å². The standard InChI is InChI=1S/C21H17N7/c1-3-7-16(8-4-1)14-27(18-9-5-2-6-10-18)20-21-23-15-26-28(21)19(13-22-20)17-11-24-25-12-17/h1-13,15H,14H2,(H,24,25). The third-order valence-corrected chi connectivity index (χ3v) is 4.59. The molecule has 0 saturated carbocycles. The van der Waals surface area contributed by atoms with Gasteiger partial charge in [-0.3, -0.25) is 5.10 Å². The third kappa shape index (κ3) is 2.88. The Morgan fingerprint density at radius 2 is 1.68 bits per heavy atom. The van der Waals surface area contributed by atoms with Crippen LogP contribution in [0.3, 0.4) is 0 Å². The summed E-state index contributed by atoms with van der Waals surface area (Å²) in [4.78, 5) is 11.4. The molecule has 2 aromatic carbocycles. The van der Waals surface area contributed by atoms with Crippen molar-refractivity contribution in [3.8, 4) is 11.3 Å². The van der Waals surface area contributed by atoms with Gasteiger partial charge in [-0.25, -0.2) is 14.5 Å². The Balaban J connectivity index is 1.66. The Kier molecular flexibility index (Phi) is 4.02. The fraction of sp³-hybridized carbons (Fsp3) is 0.0476. The molecule has 1 N–H and O–H groups in total. The maximum absolute atomic E-state index is 4.77. The molecule has 0 spiro atoms. The summed E-state index contributed by atoms with van der Waals surface area (Å²) in [6.07, 6.45) is 6.92. The van der Waals surface area contributed by atoms with Gasteiger partial charge in [0, 0.05) is 24.0 Å². The minimum absolute atomic E-state index is 0.672. The van der Waals surface area contributed by atoms with Crippen LogP contribution in [0.15, 0.2) is 85.6 Å². The number of aromatic nitrogens is 6. The molecule has 0 radical (unpaired) electrons. The molecule has 0 saturated heterocycles. The van der Waals surface area contributed by atoms with Crippen molar-refractivity contribution < 1.29 is 0 Å². The summed E-state index contributed by atoms with van der Waals surface area (Å²) in [5, 5.41) is 11.3. The van der Waals surface area contributed by atoms with Gasteiger partial charge in [0.1, 0.15) is 6.33 Å². The average molecular weight is 367 g/mol. The lowest BCUT2D eigenvalue weighted by molar-refractivity contribution is 0.911. The van der Waals surface area contributed by atoms with E-state index in [1.807, 2.05) is 48.8 Å². The van der Waals surface area contributed by atoms with E-state index in [9.17, 15) is 0 Å². The summed E-state index contributed by atoms with van der Waals surface area (Å²) in [6, 6.07) is 20.5. The second-order valence-corrected chi connectivity index (χ2v) is 6.36. The average Bonchev–Trinajstić information content (AvgIpc) is 3.45. The maximum Gasteiger partial charge on any atom is 0.199 e. The van der Waals surface area contributed by atoms with E-state index in [1.165, 1.54) is 5.56 Å². The minimum Gasteiger partial charge on any atom is -0.319 e. The van der Waals surface area contributed by atoms with Gasteiger partial charge in [0.2, 0.25) is 0 Å². The fourth-order valence-corrected chi connectivity index (χ4v) is 3.25. The zero-order chi connectivity index (χ0) is 18.8. The van der Waals surface area contributed by atoms with Gasteiger partial charge in [0.25, 0.3) is 0 Å². The monoisotopic (exact) mass is 367 g/mol. The number of nitrogens with zero attached hydrogens (tertiary/aromatic N) is 6. The van der Waals surface area contributed by atoms with Gasteiger partial charge in [-0.1, -0.05) is 48.5 Å². The minimum atomic E-state index is 0.672. The molecular formula is C21H17N7. The molecule has 3 aromatic heterocycles. The molecule has 0 aliphatic rings. The van der Waals surface area contributed by atoms with Crippen molar-refractivity contribution in [3.63, 3.8) is 0 Å². The van der Waals surface area contributed by atoms with Gasteiger partial charge in [-0.15, -0.1) is 0 Å². The largest absolute Gasteiger partial charge is 0.319 e.